The van der Waals surface area contributed by atoms with Crippen molar-refractivity contribution in [2.75, 3.05) is 7.11 Å². The average Bonchev–Trinajstić information content (AvgIpc) is 2.88. The molecular weight excluding hydrogens is 314 g/mol. The van der Waals surface area contributed by atoms with Crippen molar-refractivity contribution in [3.05, 3.63) is 53.1 Å². The Morgan fingerprint density at radius 2 is 2.10 bits per heavy atom. The zero-order chi connectivity index (χ0) is 15.0. The average molecular weight is 325 g/mol. The molecule has 0 spiro atoms. The van der Waals surface area contributed by atoms with E-state index in [2.05, 4.69) is 4.98 Å². The molecule has 0 bridgehead atoms. The highest BCUT2D eigenvalue weighted by Gasteiger charge is 2.15. The number of hydrogen-bond donors (Lipinski definition) is 0. The topological polar surface area (TPSA) is 27.1 Å². The van der Waals surface area contributed by atoms with Gasteiger partial charge in [0.05, 0.1) is 34.7 Å². The van der Waals surface area contributed by atoms with Gasteiger partial charge in [-0.05, 0) is 24.3 Å². The maximum atomic E-state index is 13.6. The van der Waals surface area contributed by atoms with Gasteiger partial charge in [-0.25, -0.2) is 9.37 Å². The zero-order valence-electron chi connectivity index (χ0n) is 11.1. The van der Waals surface area contributed by atoms with Crippen molar-refractivity contribution < 1.29 is 9.13 Å². The van der Waals surface area contributed by atoms with Gasteiger partial charge >= 0.3 is 0 Å². The van der Waals surface area contributed by atoms with Crippen molar-refractivity contribution >= 4 is 34.2 Å². The highest BCUT2D eigenvalue weighted by Crippen LogP contribution is 2.30. The number of ether oxygens (including phenoxy) is 1. The third-order valence-electron chi connectivity index (χ3n) is 3.21. The number of halogens is 3. The fourth-order valence-corrected chi connectivity index (χ4v) is 2.72. The zero-order valence-corrected chi connectivity index (χ0v) is 12.6. The molecule has 0 saturated carbocycles. The van der Waals surface area contributed by atoms with Crippen molar-refractivity contribution in [3.8, 4) is 11.4 Å². The number of methoxy groups -OCH3 is 1. The number of nitrogens with zero attached hydrogens (tertiary/aromatic N) is 2. The van der Waals surface area contributed by atoms with Crippen molar-refractivity contribution in [2.45, 2.75) is 5.88 Å². The van der Waals surface area contributed by atoms with Gasteiger partial charge in [-0.3, -0.25) is 4.57 Å². The SMILES string of the molecule is COc1cc(-n2c(CCl)nc3cccc(Cl)c32)ccc1F. The van der Waals surface area contributed by atoms with Crippen LogP contribution in [0.25, 0.3) is 16.7 Å². The van der Waals surface area contributed by atoms with Crippen molar-refractivity contribution in [1.29, 1.82) is 0 Å². The number of para-hydroxylation sites is 1. The predicted octanol–water partition coefficient (Wildman–Crippen LogP) is 4.57. The summed E-state index contributed by atoms with van der Waals surface area (Å²) in [6.07, 6.45) is 0. The Kier molecular flexibility index (Phi) is 3.74. The van der Waals surface area contributed by atoms with E-state index in [0.717, 1.165) is 11.0 Å². The number of benzene rings is 2. The highest BCUT2D eigenvalue weighted by molar-refractivity contribution is 6.35. The fourth-order valence-electron chi connectivity index (χ4n) is 2.29. The Morgan fingerprint density at radius 3 is 2.81 bits per heavy atom. The number of alkyl halides is 1. The van der Waals surface area contributed by atoms with Crippen molar-refractivity contribution in [2.24, 2.45) is 0 Å². The monoisotopic (exact) mass is 324 g/mol. The molecular formula is C15H11Cl2FN2O. The van der Waals surface area contributed by atoms with Crippen LogP contribution >= 0.6 is 23.2 Å². The molecule has 2 aromatic carbocycles. The second-order valence-corrected chi connectivity index (χ2v) is 5.10. The first-order valence-corrected chi connectivity index (χ1v) is 7.12. The molecule has 21 heavy (non-hydrogen) atoms. The molecule has 0 radical (unpaired) electrons. The smallest absolute Gasteiger partial charge is 0.165 e. The third kappa shape index (κ3) is 2.34. The lowest BCUT2D eigenvalue weighted by molar-refractivity contribution is 0.386. The molecule has 3 rings (SSSR count). The van der Waals surface area contributed by atoms with Crippen LogP contribution in [0.15, 0.2) is 36.4 Å². The summed E-state index contributed by atoms with van der Waals surface area (Å²) in [6, 6.07) is 10.0. The summed E-state index contributed by atoms with van der Waals surface area (Å²) < 4.78 is 20.4. The van der Waals surface area contributed by atoms with Crippen LogP contribution in [0, 0.1) is 5.82 Å². The number of fused-ring (bicyclic) bond motifs is 1. The highest BCUT2D eigenvalue weighted by atomic mass is 35.5. The molecule has 0 unspecified atom stereocenters. The van der Waals surface area contributed by atoms with Gasteiger partial charge in [0.15, 0.2) is 11.6 Å². The number of imidazole rings is 1. The van der Waals surface area contributed by atoms with Crippen molar-refractivity contribution in [1.82, 2.24) is 9.55 Å². The Balaban J connectivity index is 2.33. The van der Waals surface area contributed by atoms with E-state index in [1.165, 1.54) is 13.2 Å². The lowest BCUT2D eigenvalue weighted by Gasteiger charge is -2.10. The summed E-state index contributed by atoms with van der Waals surface area (Å²) in [5.74, 6) is 0.574. The summed E-state index contributed by atoms with van der Waals surface area (Å²) in [6.45, 7) is 0. The van der Waals surface area contributed by atoms with Gasteiger partial charge in [0.1, 0.15) is 5.82 Å². The molecule has 6 heteroatoms. The summed E-state index contributed by atoms with van der Waals surface area (Å²) in [7, 11) is 1.42. The van der Waals surface area contributed by atoms with E-state index in [1.807, 2.05) is 16.7 Å². The standard InChI is InChI=1S/C15H11Cl2FN2O/c1-21-13-7-9(5-6-11(13)18)20-14(8-16)19-12-4-2-3-10(17)15(12)20/h2-7H,8H2,1H3. The van der Waals surface area contributed by atoms with Gasteiger partial charge in [0.2, 0.25) is 0 Å². The van der Waals surface area contributed by atoms with Crippen LogP contribution in [0.1, 0.15) is 5.82 Å². The molecule has 0 fully saturated rings. The van der Waals surface area contributed by atoms with Crippen LogP contribution in [0.4, 0.5) is 4.39 Å². The molecule has 0 aliphatic rings. The Hall–Kier alpha value is -1.78. The van der Waals surface area contributed by atoms with E-state index in [1.54, 1.807) is 18.2 Å². The van der Waals surface area contributed by atoms with Crippen LogP contribution in [-0.4, -0.2) is 16.7 Å². The molecule has 0 amide bonds. The van der Waals surface area contributed by atoms with Crippen molar-refractivity contribution in [3.63, 3.8) is 0 Å². The van der Waals surface area contributed by atoms with Crippen LogP contribution in [0.3, 0.4) is 0 Å². The maximum absolute atomic E-state index is 13.6. The second kappa shape index (κ2) is 5.54. The first-order valence-electron chi connectivity index (χ1n) is 6.21. The third-order valence-corrected chi connectivity index (χ3v) is 3.75. The van der Waals surface area contributed by atoms with Crippen LogP contribution in [0.5, 0.6) is 5.75 Å². The fraction of sp³-hybridized carbons (Fsp3) is 0.133. The summed E-state index contributed by atoms with van der Waals surface area (Å²) in [5, 5.41) is 0.555. The van der Waals surface area contributed by atoms with E-state index in [-0.39, 0.29) is 11.6 Å². The molecule has 1 aromatic heterocycles. The Labute approximate surface area is 130 Å². The lowest BCUT2D eigenvalue weighted by Crippen LogP contribution is -2.01. The maximum Gasteiger partial charge on any atom is 0.165 e. The molecule has 108 valence electrons. The molecule has 3 nitrogen and oxygen atoms in total. The summed E-state index contributed by atoms with van der Waals surface area (Å²) in [5.41, 5.74) is 2.17. The van der Waals surface area contributed by atoms with Crippen LogP contribution < -0.4 is 4.74 Å². The molecule has 3 aromatic rings. The molecule has 0 aliphatic heterocycles. The van der Waals surface area contributed by atoms with E-state index >= 15 is 0 Å². The first-order chi connectivity index (χ1) is 10.2. The van der Waals surface area contributed by atoms with Gasteiger partial charge in [-0.15, -0.1) is 11.6 Å². The normalized spacial score (nSPS) is 11.0. The quantitative estimate of drug-likeness (QED) is 0.660. The van der Waals surface area contributed by atoms with E-state index in [0.29, 0.717) is 16.5 Å². The minimum atomic E-state index is -0.427. The van der Waals surface area contributed by atoms with Gasteiger partial charge in [-0.1, -0.05) is 17.7 Å². The van der Waals surface area contributed by atoms with Crippen LogP contribution in [0.2, 0.25) is 5.02 Å². The molecule has 0 saturated heterocycles. The van der Waals surface area contributed by atoms with Gasteiger partial charge < -0.3 is 4.74 Å². The Bertz CT molecular complexity index is 817. The largest absolute Gasteiger partial charge is 0.494 e. The number of rotatable bonds is 3. The number of aromatic nitrogens is 2. The van der Waals surface area contributed by atoms with Gasteiger partial charge in [-0.2, -0.15) is 0 Å². The Morgan fingerprint density at radius 1 is 1.29 bits per heavy atom. The van der Waals surface area contributed by atoms with E-state index < -0.39 is 5.82 Å². The molecule has 0 aliphatic carbocycles. The van der Waals surface area contributed by atoms with Gasteiger partial charge in [0.25, 0.3) is 0 Å². The van der Waals surface area contributed by atoms with Gasteiger partial charge in [0, 0.05) is 6.07 Å². The molecule has 1 heterocycles. The predicted molar refractivity (Wildman–Crippen MR) is 82.1 cm³/mol. The number of hydrogen-bond acceptors (Lipinski definition) is 2. The first kappa shape index (κ1) is 14.2. The van der Waals surface area contributed by atoms with E-state index in [4.69, 9.17) is 27.9 Å². The van der Waals surface area contributed by atoms with E-state index in [9.17, 15) is 4.39 Å². The minimum Gasteiger partial charge on any atom is -0.494 e. The lowest BCUT2D eigenvalue weighted by atomic mass is 10.2. The second-order valence-electron chi connectivity index (χ2n) is 4.42. The van der Waals surface area contributed by atoms with Crippen LogP contribution in [-0.2, 0) is 5.88 Å². The molecule has 0 atom stereocenters. The summed E-state index contributed by atoms with van der Waals surface area (Å²) >= 11 is 12.3. The molecule has 0 N–H and O–H groups in total. The minimum absolute atomic E-state index is 0.155. The summed E-state index contributed by atoms with van der Waals surface area (Å²) in [4.78, 5) is 4.46.